The number of aromatic nitrogens is 2. The van der Waals surface area contributed by atoms with Gasteiger partial charge in [0.15, 0.2) is 5.69 Å². The van der Waals surface area contributed by atoms with Crippen LogP contribution in [-0.2, 0) is 14.8 Å². The number of carbonyl (C=O) groups is 1. The zero-order valence-corrected chi connectivity index (χ0v) is 18.0. The topological polar surface area (TPSA) is 109 Å². The molecule has 2 aromatic rings. The van der Waals surface area contributed by atoms with Crippen molar-refractivity contribution in [3.63, 3.8) is 0 Å². The summed E-state index contributed by atoms with van der Waals surface area (Å²) in [5, 5.41) is 3.94. The fraction of sp³-hybridized carbons (Fsp3) is 0.550. The van der Waals surface area contributed by atoms with Crippen molar-refractivity contribution in [3.05, 3.63) is 35.9 Å². The van der Waals surface area contributed by atoms with Crippen LogP contribution in [0.4, 0.5) is 5.82 Å². The van der Waals surface area contributed by atoms with Crippen molar-refractivity contribution >= 4 is 21.7 Å². The highest BCUT2D eigenvalue weighted by atomic mass is 32.2. The number of pyridine rings is 1. The fourth-order valence-electron chi connectivity index (χ4n) is 3.90. The number of carbonyl (C=O) groups excluding carboxylic acids is 1. The van der Waals surface area contributed by atoms with Gasteiger partial charge in [0.2, 0.25) is 10.0 Å². The summed E-state index contributed by atoms with van der Waals surface area (Å²) in [6, 6.07) is 5.09. The maximum atomic E-state index is 12.7. The first-order valence-electron chi connectivity index (χ1n) is 10.6. The van der Waals surface area contributed by atoms with E-state index in [2.05, 4.69) is 10.1 Å². The normalized spacial score (nSPS) is 20.8. The Hall–Kier alpha value is -2.50. The predicted octanol–water partition coefficient (Wildman–Crippen LogP) is 0.930. The second kappa shape index (κ2) is 8.21. The molecule has 10 nitrogen and oxygen atoms in total. The quantitative estimate of drug-likeness (QED) is 0.666. The summed E-state index contributed by atoms with van der Waals surface area (Å²) in [5.74, 6) is 1.81. The molecule has 1 amide bonds. The van der Waals surface area contributed by atoms with Crippen LogP contribution in [0.5, 0.6) is 0 Å². The van der Waals surface area contributed by atoms with Gasteiger partial charge in [-0.05, 0) is 25.0 Å². The molecule has 2 saturated heterocycles. The lowest BCUT2D eigenvalue weighted by atomic mass is 10.2. The van der Waals surface area contributed by atoms with Gasteiger partial charge in [-0.1, -0.05) is 5.16 Å². The number of sulfonamides is 1. The van der Waals surface area contributed by atoms with Crippen LogP contribution in [0.15, 0.2) is 33.8 Å². The summed E-state index contributed by atoms with van der Waals surface area (Å²) in [4.78, 5) is 21.1. The summed E-state index contributed by atoms with van der Waals surface area (Å²) < 4.78 is 37.4. The zero-order chi connectivity index (χ0) is 21.4. The second-order valence-corrected chi connectivity index (χ2v) is 9.97. The Morgan fingerprint density at radius 2 is 1.77 bits per heavy atom. The number of morpholine rings is 1. The number of amides is 1. The third-order valence-corrected chi connectivity index (χ3v) is 7.83. The van der Waals surface area contributed by atoms with Crippen LogP contribution in [0.25, 0.3) is 0 Å². The van der Waals surface area contributed by atoms with Crippen LogP contribution in [-0.4, -0.2) is 86.2 Å². The van der Waals surface area contributed by atoms with Crippen molar-refractivity contribution in [1.82, 2.24) is 19.3 Å². The van der Waals surface area contributed by atoms with Crippen molar-refractivity contribution in [2.24, 2.45) is 0 Å². The fourth-order valence-corrected chi connectivity index (χ4v) is 5.25. The highest BCUT2D eigenvalue weighted by molar-refractivity contribution is 7.89. The highest BCUT2D eigenvalue weighted by Crippen LogP contribution is 2.40. The summed E-state index contributed by atoms with van der Waals surface area (Å²) >= 11 is 0. The SMILES string of the molecule is O=C(c1cc(C2CC2)on1)N1CCN(c2ccc(S(=O)(=O)N3CCOCC3)cn2)CC1. The van der Waals surface area contributed by atoms with Gasteiger partial charge in [0, 0.05) is 57.4 Å². The van der Waals surface area contributed by atoms with Crippen molar-refractivity contribution < 1.29 is 22.5 Å². The number of piperazine rings is 1. The Balaban J connectivity index is 1.20. The van der Waals surface area contributed by atoms with Crippen LogP contribution in [0.2, 0.25) is 0 Å². The molecule has 0 radical (unpaired) electrons. The van der Waals surface area contributed by atoms with Crippen LogP contribution in [0, 0.1) is 0 Å². The van der Waals surface area contributed by atoms with Gasteiger partial charge >= 0.3 is 0 Å². The molecule has 4 heterocycles. The Labute approximate surface area is 180 Å². The number of ether oxygens (including phenoxy) is 1. The van der Waals surface area contributed by atoms with E-state index in [0.29, 0.717) is 69.9 Å². The monoisotopic (exact) mass is 447 g/mol. The lowest BCUT2D eigenvalue weighted by Crippen LogP contribution is -2.49. The lowest BCUT2D eigenvalue weighted by molar-refractivity contribution is 0.0730. The minimum absolute atomic E-state index is 0.116. The summed E-state index contributed by atoms with van der Waals surface area (Å²) in [5.41, 5.74) is 0.367. The molecule has 31 heavy (non-hydrogen) atoms. The standard InChI is InChI=1S/C20H25N5O5S/c26-20(17-13-18(30-22-17)15-1-2-15)24-7-5-23(6-8-24)19-4-3-16(14-21-19)31(27,28)25-9-11-29-12-10-25/h3-4,13-15H,1-2,5-12H2. The van der Waals surface area contributed by atoms with E-state index in [1.165, 1.54) is 10.5 Å². The Morgan fingerprint density at radius 3 is 2.42 bits per heavy atom. The Bertz CT molecular complexity index is 1040. The maximum absolute atomic E-state index is 12.7. The van der Waals surface area contributed by atoms with Crippen LogP contribution >= 0.6 is 0 Å². The molecule has 11 heteroatoms. The molecule has 5 rings (SSSR count). The second-order valence-electron chi connectivity index (χ2n) is 8.04. The number of rotatable bonds is 5. The van der Waals surface area contributed by atoms with E-state index < -0.39 is 10.0 Å². The number of hydrogen-bond donors (Lipinski definition) is 0. The molecule has 0 aromatic carbocycles. The molecular formula is C20H25N5O5S. The van der Waals surface area contributed by atoms with Crippen LogP contribution < -0.4 is 4.90 Å². The average Bonchev–Trinajstić information content (AvgIpc) is 3.56. The molecule has 2 aromatic heterocycles. The summed E-state index contributed by atoms with van der Waals surface area (Å²) in [7, 11) is -3.56. The Kier molecular flexibility index (Phi) is 5.40. The number of nitrogens with zero attached hydrogens (tertiary/aromatic N) is 5. The summed E-state index contributed by atoms with van der Waals surface area (Å²) in [6.07, 6.45) is 3.61. The summed E-state index contributed by atoms with van der Waals surface area (Å²) in [6.45, 7) is 3.83. The third-order valence-electron chi connectivity index (χ3n) is 5.95. The largest absolute Gasteiger partial charge is 0.379 e. The first-order valence-corrected chi connectivity index (χ1v) is 12.0. The first kappa shape index (κ1) is 20.4. The maximum Gasteiger partial charge on any atom is 0.276 e. The molecule has 3 aliphatic rings. The molecule has 0 N–H and O–H groups in total. The van der Waals surface area contributed by atoms with Crippen LogP contribution in [0.3, 0.4) is 0 Å². The van der Waals surface area contributed by atoms with E-state index in [1.807, 2.05) is 4.90 Å². The van der Waals surface area contributed by atoms with Gasteiger partial charge in [-0.2, -0.15) is 4.31 Å². The van der Waals surface area contributed by atoms with E-state index in [1.54, 1.807) is 23.1 Å². The predicted molar refractivity (Wildman–Crippen MR) is 110 cm³/mol. The molecule has 3 fully saturated rings. The van der Waals surface area contributed by atoms with Gasteiger partial charge in [-0.15, -0.1) is 0 Å². The van der Waals surface area contributed by atoms with E-state index >= 15 is 0 Å². The molecule has 1 aliphatic carbocycles. The van der Waals surface area contributed by atoms with E-state index in [9.17, 15) is 13.2 Å². The van der Waals surface area contributed by atoms with E-state index in [0.717, 1.165) is 18.6 Å². The minimum Gasteiger partial charge on any atom is -0.379 e. The van der Waals surface area contributed by atoms with Crippen molar-refractivity contribution in [2.45, 2.75) is 23.7 Å². The molecule has 0 unspecified atom stereocenters. The molecule has 0 atom stereocenters. The lowest BCUT2D eigenvalue weighted by Gasteiger charge is -2.35. The van der Waals surface area contributed by atoms with Crippen molar-refractivity contribution in [1.29, 1.82) is 0 Å². The van der Waals surface area contributed by atoms with Crippen LogP contribution in [0.1, 0.15) is 35.0 Å². The molecule has 0 spiro atoms. The van der Waals surface area contributed by atoms with Gasteiger partial charge in [0.25, 0.3) is 5.91 Å². The Morgan fingerprint density at radius 1 is 1.03 bits per heavy atom. The van der Waals surface area contributed by atoms with Gasteiger partial charge in [0.05, 0.1) is 13.2 Å². The van der Waals surface area contributed by atoms with Crippen molar-refractivity contribution in [3.8, 4) is 0 Å². The van der Waals surface area contributed by atoms with Gasteiger partial charge in [0.1, 0.15) is 16.5 Å². The minimum atomic E-state index is -3.56. The van der Waals surface area contributed by atoms with Crippen molar-refractivity contribution in [2.75, 3.05) is 57.4 Å². The average molecular weight is 448 g/mol. The number of hydrogen-bond acceptors (Lipinski definition) is 8. The molecule has 2 aliphatic heterocycles. The zero-order valence-electron chi connectivity index (χ0n) is 17.1. The molecule has 0 bridgehead atoms. The number of anilines is 1. The smallest absolute Gasteiger partial charge is 0.276 e. The molecule has 166 valence electrons. The van der Waals surface area contributed by atoms with E-state index in [-0.39, 0.29) is 10.8 Å². The van der Waals surface area contributed by atoms with Gasteiger partial charge in [-0.3, -0.25) is 4.79 Å². The highest BCUT2D eigenvalue weighted by Gasteiger charge is 2.31. The third kappa shape index (κ3) is 4.17. The van der Waals surface area contributed by atoms with Gasteiger partial charge in [-0.25, -0.2) is 13.4 Å². The molecule has 1 saturated carbocycles. The van der Waals surface area contributed by atoms with E-state index in [4.69, 9.17) is 9.26 Å². The first-order chi connectivity index (χ1) is 15.0. The molecular weight excluding hydrogens is 422 g/mol. The van der Waals surface area contributed by atoms with Gasteiger partial charge < -0.3 is 19.1 Å².